The van der Waals surface area contributed by atoms with Crippen LogP contribution in [0.1, 0.15) is 44.6 Å². The van der Waals surface area contributed by atoms with Crippen LogP contribution in [0.5, 0.6) is 0 Å². The molecule has 2 aromatic carbocycles. The maximum atomic E-state index is 13.3. The summed E-state index contributed by atoms with van der Waals surface area (Å²) in [6.45, 7) is 5.13. The summed E-state index contributed by atoms with van der Waals surface area (Å²) < 4.78 is 0. The van der Waals surface area contributed by atoms with Crippen molar-refractivity contribution in [2.75, 3.05) is 36.4 Å². The van der Waals surface area contributed by atoms with E-state index in [0.29, 0.717) is 6.42 Å². The molecule has 158 valence electrons. The number of nitrogens with one attached hydrogen (secondary N) is 1. The smallest absolute Gasteiger partial charge is 0.235 e. The van der Waals surface area contributed by atoms with E-state index in [9.17, 15) is 9.59 Å². The first-order valence-electron chi connectivity index (χ1n) is 11.1. The Morgan fingerprint density at radius 3 is 2.13 bits per heavy atom. The van der Waals surface area contributed by atoms with Gasteiger partial charge in [0.05, 0.1) is 5.41 Å². The Labute approximate surface area is 179 Å². The van der Waals surface area contributed by atoms with E-state index in [4.69, 9.17) is 0 Å². The first-order valence-corrected chi connectivity index (χ1v) is 11.1. The van der Waals surface area contributed by atoms with Gasteiger partial charge in [-0.15, -0.1) is 0 Å². The molecule has 0 bridgehead atoms. The minimum absolute atomic E-state index is 0.102. The van der Waals surface area contributed by atoms with Gasteiger partial charge < -0.3 is 15.1 Å². The van der Waals surface area contributed by atoms with Crippen molar-refractivity contribution >= 4 is 23.2 Å². The topological polar surface area (TPSA) is 52.7 Å². The maximum Gasteiger partial charge on any atom is 0.235 e. The third kappa shape index (κ3) is 4.07. The highest BCUT2D eigenvalue weighted by Gasteiger charge is 2.42. The molecule has 5 nitrogen and oxygen atoms in total. The minimum atomic E-state index is -0.415. The van der Waals surface area contributed by atoms with Gasteiger partial charge in [0, 0.05) is 44.0 Å². The quantitative estimate of drug-likeness (QED) is 0.811. The molecule has 0 spiro atoms. The number of hydrogen-bond acceptors (Lipinski definition) is 3. The fourth-order valence-corrected chi connectivity index (χ4v) is 4.83. The number of rotatable bonds is 5. The molecule has 2 amide bonds. The number of carbonyl (C=O) groups excluding carboxylic acids is 2. The first-order chi connectivity index (χ1) is 14.6. The molecule has 1 aliphatic heterocycles. The number of anilines is 2. The Kier molecular flexibility index (Phi) is 6.07. The number of carbonyl (C=O) groups is 2. The summed E-state index contributed by atoms with van der Waals surface area (Å²) in [5.41, 5.74) is 2.68. The van der Waals surface area contributed by atoms with E-state index >= 15 is 0 Å². The maximum absolute atomic E-state index is 13.3. The number of nitrogens with zero attached hydrogens (tertiary/aromatic N) is 2. The lowest BCUT2D eigenvalue weighted by molar-refractivity contribution is -0.131. The molecule has 5 heteroatoms. The van der Waals surface area contributed by atoms with Crippen LogP contribution in [0.25, 0.3) is 0 Å². The zero-order chi connectivity index (χ0) is 21.0. The Balaban J connectivity index is 1.41. The zero-order valence-corrected chi connectivity index (χ0v) is 17.8. The lowest BCUT2D eigenvalue weighted by atomic mass is 9.78. The molecule has 2 aromatic rings. The van der Waals surface area contributed by atoms with E-state index in [1.807, 2.05) is 42.2 Å². The van der Waals surface area contributed by atoms with Crippen LogP contribution in [-0.2, 0) is 15.0 Å². The SMILES string of the molecule is CCC(=O)N1CCN(c2ccc(NC(=O)C3(c4ccccc4)CCCC3)cc2)CC1. The third-order valence-electron chi connectivity index (χ3n) is 6.64. The van der Waals surface area contributed by atoms with Crippen molar-refractivity contribution in [2.24, 2.45) is 0 Å². The lowest BCUT2D eigenvalue weighted by Crippen LogP contribution is -2.48. The highest BCUT2D eigenvalue weighted by Crippen LogP contribution is 2.42. The van der Waals surface area contributed by atoms with Crippen LogP contribution in [0.15, 0.2) is 54.6 Å². The summed E-state index contributed by atoms with van der Waals surface area (Å²) >= 11 is 0. The predicted molar refractivity (Wildman–Crippen MR) is 121 cm³/mol. The van der Waals surface area contributed by atoms with Gasteiger partial charge >= 0.3 is 0 Å². The van der Waals surface area contributed by atoms with E-state index in [0.717, 1.165) is 68.8 Å². The van der Waals surface area contributed by atoms with E-state index in [-0.39, 0.29) is 11.8 Å². The molecule has 2 fully saturated rings. The molecule has 2 aliphatic rings. The van der Waals surface area contributed by atoms with Crippen molar-refractivity contribution in [1.82, 2.24) is 4.90 Å². The van der Waals surface area contributed by atoms with E-state index in [1.54, 1.807) is 0 Å². The Morgan fingerprint density at radius 1 is 0.900 bits per heavy atom. The van der Waals surface area contributed by atoms with E-state index in [1.165, 1.54) is 0 Å². The molecule has 30 heavy (non-hydrogen) atoms. The van der Waals surface area contributed by atoms with Crippen LogP contribution in [0.3, 0.4) is 0 Å². The van der Waals surface area contributed by atoms with Gasteiger partial charge in [0.15, 0.2) is 0 Å². The molecule has 1 heterocycles. The van der Waals surface area contributed by atoms with Crippen molar-refractivity contribution in [3.63, 3.8) is 0 Å². The van der Waals surface area contributed by atoms with Crippen LogP contribution in [0.4, 0.5) is 11.4 Å². The van der Waals surface area contributed by atoms with Crippen molar-refractivity contribution < 1.29 is 9.59 Å². The number of benzene rings is 2. The van der Waals surface area contributed by atoms with Gasteiger partial charge in [-0.05, 0) is 42.7 Å². The third-order valence-corrected chi connectivity index (χ3v) is 6.64. The fraction of sp³-hybridized carbons (Fsp3) is 0.440. The van der Waals surface area contributed by atoms with Crippen LogP contribution in [0, 0.1) is 0 Å². The molecule has 0 aromatic heterocycles. The highest BCUT2D eigenvalue weighted by atomic mass is 16.2. The van der Waals surface area contributed by atoms with Gasteiger partial charge in [-0.2, -0.15) is 0 Å². The van der Waals surface area contributed by atoms with Crippen LogP contribution in [-0.4, -0.2) is 42.9 Å². The van der Waals surface area contributed by atoms with Gasteiger partial charge in [-0.25, -0.2) is 0 Å². The summed E-state index contributed by atoms with van der Waals surface area (Å²) in [6.07, 6.45) is 4.56. The molecular formula is C25H31N3O2. The molecule has 0 unspecified atom stereocenters. The number of piperazine rings is 1. The average Bonchev–Trinajstić information content (AvgIpc) is 3.31. The predicted octanol–water partition coefficient (Wildman–Crippen LogP) is 4.20. The van der Waals surface area contributed by atoms with Crippen LogP contribution in [0.2, 0.25) is 0 Å². The summed E-state index contributed by atoms with van der Waals surface area (Å²) in [4.78, 5) is 29.4. The Morgan fingerprint density at radius 2 is 1.53 bits per heavy atom. The van der Waals surface area contributed by atoms with E-state index in [2.05, 4.69) is 34.5 Å². The molecular weight excluding hydrogens is 374 g/mol. The van der Waals surface area contributed by atoms with Crippen molar-refractivity contribution in [3.8, 4) is 0 Å². The summed E-state index contributed by atoms with van der Waals surface area (Å²) in [5.74, 6) is 0.331. The molecule has 0 radical (unpaired) electrons. The lowest BCUT2D eigenvalue weighted by Gasteiger charge is -2.36. The second-order valence-corrected chi connectivity index (χ2v) is 8.38. The van der Waals surface area contributed by atoms with Crippen molar-refractivity contribution in [1.29, 1.82) is 0 Å². The number of amides is 2. The van der Waals surface area contributed by atoms with Gasteiger partial charge in [0.2, 0.25) is 11.8 Å². The second-order valence-electron chi connectivity index (χ2n) is 8.38. The van der Waals surface area contributed by atoms with Gasteiger partial charge in [0.1, 0.15) is 0 Å². The summed E-state index contributed by atoms with van der Waals surface area (Å²) in [7, 11) is 0. The normalized spacial score (nSPS) is 18.3. The molecule has 0 atom stereocenters. The zero-order valence-electron chi connectivity index (χ0n) is 17.8. The van der Waals surface area contributed by atoms with Gasteiger partial charge in [-0.3, -0.25) is 9.59 Å². The summed E-state index contributed by atoms with van der Waals surface area (Å²) in [5, 5.41) is 3.17. The van der Waals surface area contributed by atoms with Gasteiger partial charge in [-0.1, -0.05) is 50.1 Å². The van der Waals surface area contributed by atoms with Crippen LogP contribution >= 0.6 is 0 Å². The minimum Gasteiger partial charge on any atom is -0.368 e. The van der Waals surface area contributed by atoms with Crippen molar-refractivity contribution in [2.45, 2.75) is 44.4 Å². The van der Waals surface area contributed by atoms with Crippen molar-refractivity contribution in [3.05, 3.63) is 60.2 Å². The largest absolute Gasteiger partial charge is 0.368 e. The monoisotopic (exact) mass is 405 g/mol. The first kappa shape index (κ1) is 20.5. The molecule has 1 saturated heterocycles. The fourth-order valence-electron chi connectivity index (χ4n) is 4.83. The Bertz CT molecular complexity index is 865. The standard InChI is InChI=1S/C25H31N3O2/c1-2-23(29)28-18-16-27(17-19-28)22-12-10-21(11-13-22)26-24(30)25(14-6-7-15-25)20-8-4-3-5-9-20/h3-5,8-13H,2,6-7,14-19H2,1H3,(H,26,30). The average molecular weight is 406 g/mol. The Hall–Kier alpha value is -2.82. The highest BCUT2D eigenvalue weighted by molar-refractivity contribution is 5.99. The molecule has 1 aliphatic carbocycles. The van der Waals surface area contributed by atoms with Crippen LogP contribution < -0.4 is 10.2 Å². The van der Waals surface area contributed by atoms with Gasteiger partial charge in [0.25, 0.3) is 0 Å². The molecule has 4 rings (SSSR count). The summed E-state index contributed by atoms with van der Waals surface area (Å²) in [6, 6.07) is 18.3. The molecule has 1 saturated carbocycles. The number of hydrogen-bond donors (Lipinski definition) is 1. The van der Waals surface area contributed by atoms with E-state index < -0.39 is 5.41 Å². The second kappa shape index (κ2) is 8.90. The molecule has 1 N–H and O–H groups in total.